The van der Waals surface area contributed by atoms with Crippen LogP contribution in [0.1, 0.15) is 54.2 Å². The molecule has 0 saturated carbocycles. The lowest BCUT2D eigenvalue weighted by molar-refractivity contribution is 0.0777. The average Bonchev–Trinajstić information content (AvgIpc) is 3.24. The van der Waals surface area contributed by atoms with Crippen LogP contribution in [0.15, 0.2) is 11.0 Å². The summed E-state index contributed by atoms with van der Waals surface area (Å²) in [6.07, 6.45) is 2.88. The minimum Gasteiger partial charge on any atom is -0.345 e. The van der Waals surface area contributed by atoms with Crippen molar-refractivity contribution in [2.75, 3.05) is 26.2 Å². The van der Waals surface area contributed by atoms with Crippen molar-refractivity contribution in [3.05, 3.63) is 22.3 Å². The predicted octanol–water partition coefficient (Wildman–Crippen LogP) is 3.42. The van der Waals surface area contributed by atoms with Crippen LogP contribution < -0.4 is 0 Å². The Morgan fingerprint density at radius 2 is 1.79 bits per heavy atom. The summed E-state index contributed by atoms with van der Waals surface area (Å²) >= 11 is 1.33. The van der Waals surface area contributed by atoms with E-state index in [0.717, 1.165) is 25.0 Å². The second-order valence-corrected chi connectivity index (χ2v) is 10.3. The Labute approximate surface area is 177 Å². The fraction of sp³-hybridized carbons (Fsp3) is 0.600. The zero-order valence-corrected chi connectivity index (χ0v) is 19.5. The Hall–Kier alpha value is -1.71. The van der Waals surface area contributed by atoms with Gasteiger partial charge in [-0.3, -0.25) is 4.79 Å². The molecule has 1 aliphatic heterocycles. The third kappa shape index (κ3) is 4.00. The number of carbonyl (C=O) groups excluding carboxylic acids is 1. The van der Waals surface area contributed by atoms with Gasteiger partial charge in [0.2, 0.25) is 10.0 Å². The Balaban J connectivity index is 2.00. The van der Waals surface area contributed by atoms with Crippen molar-refractivity contribution in [2.24, 2.45) is 7.05 Å². The van der Waals surface area contributed by atoms with Crippen LogP contribution in [0.2, 0.25) is 0 Å². The number of sulfonamides is 1. The summed E-state index contributed by atoms with van der Waals surface area (Å²) in [5.41, 5.74) is 2.10. The lowest BCUT2D eigenvalue weighted by Gasteiger charge is -2.25. The molecule has 0 N–H and O–H groups in total. The van der Waals surface area contributed by atoms with Crippen LogP contribution in [-0.2, 0) is 17.1 Å². The highest BCUT2D eigenvalue weighted by Crippen LogP contribution is 2.34. The van der Waals surface area contributed by atoms with E-state index in [-0.39, 0.29) is 5.91 Å². The summed E-state index contributed by atoms with van der Waals surface area (Å²) in [6.45, 7) is 10.00. The normalized spacial score (nSPS) is 15.6. The monoisotopic (exact) mass is 438 g/mol. The molecule has 0 radical (unpaired) electrons. The molecule has 0 atom stereocenters. The summed E-state index contributed by atoms with van der Waals surface area (Å²) in [6, 6.07) is 1.71. The number of carbonyl (C=O) groups is 1. The first-order valence-corrected chi connectivity index (χ1v) is 12.4. The smallest absolute Gasteiger partial charge is 0.265 e. The van der Waals surface area contributed by atoms with E-state index in [1.165, 1.54) is 11.3 Å². The first kappa shape index (κ1) is 22.0. The summed E-state index contributed by atoms with van der Waals surface area (Å²) in [5, 5.41) is 0.670. The van der Waals surface area contributed by atoms with Crippen molar-refractivity contribution in [1.82, 2.24) is 18.8 Å². The van der Waals surface area contributed by atoms with E-state index in [1.54, 1.807) is 15.3 Å². The number of hydrogen-bond acceptors (Lipinski definition) is 5. The molecule has 0 aliphatic carbocycles. The fourth-order valence-electron chi connectivity index (χ4n) is 3.74. The predicted molar refractivity (Wildman–Crippen MR) is 116 cm³/mol. The molecular formula is C20H30N4O3S2. The molecule has 7 nitrogen and oxygen atoms in total. The van der Waals surface area contributed by atoms with Crippen LogP contribution in [0.5, 0.6) is 0 Å². The molecule has 29 heavy (non-hydrogen) atoms. The number of amides is 1. The lowest BCUT2D eigenvalue weighted by Crippen LogP contribution is -2.35. The second kappa shape index (κ2) is 8.57. The first-order valence-electron chi connectivity index (χ1n) is 10.2. The van der Waals surface area contributed by atoms with Crippen LogP contribution >= 0.6 is 11.3 Å². The number of aryl methyl sites for hydroxylation is 1. The van der Waals surface area contributed by atoms with Crippen LogP contribution in [0.25, 0.3) is 10.7 Å². The molecule has 0 unspecified atom stereocenters. The highest BCUT2D eigenvalue weighted by molar-refractivity contribution is 7.89. The third-order valence-corrected chi connectivity index (χ3v) is 8.86. The Morgan fingerprint density at radius 3 is 2.38 bits per heavy atom. The molecule has 1 amide bonds. The highest BCUT2D eigenvalue weighted by atomic mass is 32.2. The van der Waals surface area contributed by atoms with Gasteiger partial charge in [-0.25, -0.2) is 13.4 Å². The van der Waals surface area contributed by atoms with Gasteiger partial charge in [0.25, 0.3) is 5.91 Å². The standard InChI is InChI=1S/C20H30N4O3S2/c1-6-23(7-2)20(25)18-14(3)21-19(28-18)16-13-17(15(4)22(16)5)29(26,27)24-11-9-8-10-12-24/h13H,6-12H2,1-5H3. The molecule has 9 heteroatoms. The Bertz CT molecular complexity index is 997. The van der Waals surface area contributed by atoms with Gasteiger partial charge in [-0.15, -0.1) is 11.3 Å². The maximum absolute atomic E-state index is 13.2. The van der Waals surface area contributed by atoms with Gasteiger partial charge >= 0.3 is 0 Å². The van der Waals surface area contributed by atoms with Gasteiger partial charge < -0.3 is 9.47 Å². The number of aromatic nitrogens is 2. The summed E-state index contributed by atoms with van der Waals surface area (Å²) in [7, 11) is -1.68. The van der Waals surface area contributed by atoms with Crippen molar-refractivity contribution in [3.8, 4) is 10.7 Å². The Kier molecular flexibility index (Phi) is 6.50. The highest BCUT2D eigenvalue weighted by Gasteiger charge is 2.31. The number of nitrogens with zero attached hydrogens (tertiary/aromatic N) is 4. The van der Waals surface area contributed by atoms with E-state index in [1.807, 2.05) is 39.3 Å². The van der Waals surface area contributed by atoms with Crippen LogP contribution in [0, 0.1) is 13.8 Å². The van der Waals surface area contributed by atoms with Crippen molar-refractivity contribution in [1.29, 1.82) is 0 Å². The molecule has 2 aromatic rings. The van der Waals surface area contributed by atoms with Crippen LogP contribution in [0.4, 0.5) is 0 Å². The zero-order valence-electron chi connectivity index (χ0n) is 17.9. The number of hydrogen-bond donors (Lipinski definition) is 0. The minimum atomic E-state index is -3.53. The van der Waals surface area contributed by atoms with E-state index in [0.29, 0.717) is 52.3 Å². The molecule has 2 aromatic heterocycles. The number of thiazole rings is 1. The molecule has 3 rings (SSSR count). The van der Waals surface area contributed by atoms with Gasteiger partial charge in [-0.05, 0) is 46.6 Å². The second-order valence-electron chi connectivity index (χ2n) is 7.41. The quantitative estimate of drug-likeness (QED) is 0.692. The topological polar surface area (TPSA) is 75.5 Å². The van der Waals surface area contributed by atoms with Gasteiger partial charge in [-0.1, -0.05) is 6.42 Å². The zero-order chi connectivity index (χ0) is 21.3. The average molecular weight is 439 g/mol. The maximum atomic E-state index is 13.2. The van der Waals surface area contributed by atoms with Crippen molar-refractivity contribution in [3.63, 3.8) is 0 Å². The van der Waals surface area contributed by atoms with Gasteiger partial charge in [0.05, 0.1) is 11.4 Å². The van der Waals surface area contributed by atoms with Crippen molar-refractivity contribution < 1.29 is 13.2 Å². The first-order chi connectivity index (χ1) is 13.7. The molecule has 3 heterocycles. The van der Waals surface area contributed by atoms with Gasteiger partial charge in [0, 0.05) is 38.9 Å². The minimum absolute atomic E-state index is 0.0247. The molecule has 0 bridgehead atoms. The van der Waals surface area contributed by atoms with E-state index in [2.05, 4.69) is 4.98 Å². The van der Waals surface area contributed by atoms with E-state index >= 15 is 0 Å². The SMILES string of the molecule is CCN(CC)C(=O)c1sc(-c2cc(S(=O)(=O)N3CCCCC3)c(C)n2C)nc1C. The number of rotatable bonds is 6. The third-order valence-electron chi connectivity index (χ3n) is 5.68. The molecule has 0 spiro atoms. The van der Waals surface area contributed by atoms with Crippen molar-refractivity contribution in [2.45, 2.75) is 51.9 Å². The molecule has 1 aliphatic rings. The van der Waals surface area contributed by atoms with Crippen molar-refractivity contribution >= 4 is 27.3 Å². The summed E-state index contributed by atoms with van der Waals surface area (Å²) in [5.74, 6) is -0.0247. The van der Waals surface area contributed by atoms with Gasteiger partial charge in [0.1, 0.15) is 14.8 Å². The summed E-state index contributed by atoms with van der Waals surface area (Å²) in [4.78, 5) is 20.1. The molecular weight excluding hydrogens is 408 g/mol. The molecule has 160 valence electrons. The lowest BCUT2D eigenvalue weighted by atomic mass is 10.2. The fourth-order valence-corrected chi connectivity index (χ4v) is 6.61. The van der Waals surface area contributed by atoms with Crippen LogP contribution in [-0.4, -0.2) is 59.3 Å². The van der Waals surface area contributed by atoms with Gasteiger partial charge in [-0.2, -0.15) is 4.31 Å². The number of piperidine rings is 1. The van der Waals surface area contributed by atoms with E-state index in [4.69, 9.17) is 0 Å². The maximum Gasteiger partial charge on any atom is 0.265 e. The van der Waals surface area contributed by atoms with Gasteiger partial charge in [0.15, 0.2) is 0 Å². The van der Waals surface area contributed by atoms with E-state index < -0.39 is 10.0 Å². The largest absolute Gasteiger partial charge is 0.345 e. The molecule has 1 saturated heterocycles. The van der Waals surface area contributed by atoms with Crippen LogP contribution in [0.3, 0.4) is 0 Å². The molecule has 0 aromatic carbocycles. The van der Waals surface area contributed by atoms with E-state index in [9.17, 15) is 13.2 Å². The Morgan fingerprint density at radius 1 is 1.17 bits per heavy atom. The molecule has 1 fully saturated rings. The summed E-state index contributed by atoms with van der Waals surface area (Å²) < 4.78 is 29.8.